The molecule has 0 unspecified atom stereocenters. The first kappa shape index (κ1) is 44.3. The van der Waals surface area contributed by atoms with Crippen molar-refractivity contribution in [2.24, 2.45) is 5.92 Å². The molecule has 5 N–H and O–H groups in total. The van der Waals surface area contributed by atoms with Crippen molar-refractivity contribution < 1.29 is 47.7 Å². The smallest absolute Gasteiger partial charge is 0.411 e. The standard InChI is InChI=1S/C39H57N5O10Si/c1-11-19-52-38(50)43-33(24(2)3)35(47)40-25(4)34(46)41-27-16-14-26(15-17-27)22-53-37(49)42-30-21-31(45)32(51-8)20-29(30)36(48)44-18-12-13-28(44)23-54-55(9,10)39(5,6)7/h11,14-17,20-21,24-25,28,33,45H,1,12-13,18-19,22-23H2,2-10H3,(H,40,47)(H,41,46)(H,42,49)(H,43,50)/t25-,28-,33-/m0/s1. The number of methoxy groups -OCH3 is 1. The van der Waals surface area contributed by atoms with Crippen LogP contribution in [0.5, 0.6) is 11.5 Å². The lowest BCUT2D eigenvalue weighted by Gasteiger charge is -2.38. The maximum Gasteiger partial charge on any atom is 0.411 e. The number of phenolic OH excluding ortho intramolecular Hbond substituents is 1. The third-order valence-corrected chi connectivity index (χ3v) is 14.3. The zero-order valence-electron chi connectivity index (χ0n) is 33.4. The molecule has 3 rings (SSSR count). The Morgan fingerprint density at radius 1 is 0.982 bits per heavy atom. The number of aromatic hydroxyl groups is 1. The monoisotopic (exact) mass is 783 g/mol. The summed E-state index contributed by atoms with van der Waals surface area (Å²) >= 11 is 0. The minimum Gasteiger partial charge on any atom is -0.504 e. The van der Waals surface area contributed by atoms with Crippen molar-refractivity contribution in [3.8, 4) is 11.5 Å². The molecule has 1 heterocycles. The molecule has 15 nitrogen and oxygen atoms in total. The largest absolute Gasteiger partial charge is 0.504 e. The first-order chi connectivity index (χ1) is 25.8. The number of alkyl carbamates (subject to hydrolysis) is 1. The number of nitrogens with zero attached hydrogens (tertiary/aromatic N) is 1. The Balaban J connectivity index is 1.60. The van der Waals surface area contributed by atoms with Crippen molar-refractivity contribution in [1.29, 1.82) is 0 Å². The molecular formula is C39H57N5O10Si. The Morgan fingerprint density at radius 3 is 2.25 bits per heavy atom. The van der Waals surface area contributed by atoms with Gasteiger partial charge in [-0.3, -0.25) is 19.7 Å². The predicted octanol–water partition coefficient (Wildman–Crippen LogP) is 6.16. The van der Waals surface area contributed by atoms with Crippen LogP contribution in [0, 0.1) is 5.92 Å². The molecule has 1 fully saturated rings. The first-order valence-corrected chi connectivity index (χ1v) is 21.2. The third-order valence-electron chi connectivity index (χ3n) is 9.77. The number of carbonyl (C=O) groups is 5. The van der Waals surface area contributed by atoms with Gasteiger partial charge in [-0.05, 0) is 67.6 Å². The maximum atomic E-state index is 13.9. The van der Waals surface area contributed by atoms with Gasteiger partial charge in [0, 0.05) is 18.3 Å². The number of rotatable bonds is 16. The highest BCUT2D eigenvalue weighted by molar-refractivity contribution is 6.74. The van der Waals surface area contributed by atoms with E-state index in [1.807, 2.05) is 0 Å². The Kier molecular flexibility index (Phi) is 15.7. The lowest BCUT2D eigenvalue weighted by molar-refractivity contribution is -0.128. The lowest BCUT2D eigenvalue weighted by atomic mass is 10.0. The van der Waals surface area contributed by atoms with Gasteiger partial charge < -0.3 is 44.6 Å². The molecule has 2 aromatic rings. The lowest BCUT2D eigenvalue weighted by Crippen LogP contribution is -2.53. The minimum atomic E-state index is -2.06. The molecule has 0 radical (unpaired) electrons. The van der Waals surface area contributed by atoms with Crippen molar-refractivity contribution >= 4 is 49.6 Å². The SMILES string of the molecule is C=CCOC(=O)N[C@H](C(=O)N[C@@H](C)C(=O)Nc1ccc(COC(=O)Nc2cc(O)c(OC)cc2C(=O)N2CCC[C@H]2CO[Si](C)(C)C(C)(C)C)cc1)C(C)C. The molecule has 55 heavy (non-hydrogen) atoms. The van der Waals surface area contributed by atoms with Crippen LogP contribution >= 0.6 is 0 Å². The van der Waals surface area contributed by atoms with Crippen molar-refractivity contribution in [2.45, 2.75) is 97.2 Å². The van der Waals surface area contributed by atoms with E-state index in [4.69, 9.17) is 18.6 Å². The van der Waals surface area contributed by atoms with Crippen LogP contribution in [0.1, 0.15) is 70.3 Å². The molecule has 1 aliphatic rings. The molecule has 3 atom stereocenters. The molecule has 0 spiro atoms. The summed E-state index contributed by atoms with van der Waals surface area (Å²) in [4.78, 5) is 66.3. The van der Waals surface area contributed by atoms with Crippen LogP contribution < -0.4 is 26.0 Å². The second kappa shape index (κ2) is 19.5. The number of benzene rings is 2. The van der Waals surface area contributed by atoms with Gasteiger partial charge in [0.1, 0.15) is 25.3 Å². The van der Waals surface area contributed by atoms with Crippen molar-refractivity contribution in [3.05, 3.63) is 60.2 Å². The summed E-state index contributed by atoms with van der Waals surface area (Å²) in [5.41, 5.74) is 1.22. The summed E-state index contributed by atoms with van der Waals surface area (Å²) < 4.78 is 22.1. The van der Waals surface area contributed by atoms with Crippen LogP contribution in [-0.2, 0) is 30.1 Å². The number of hydrogen-bond donors (Lipinski definition) is 5. The first-order valence-electron chi connectivity index (χ1n) is 18.3. The van der Waals surface area contributed by atoms with Gasteiger partial charge >= 0.3 is 12.2 Å². The van der Waals surface area contributed by atoms with Gasteiger partial charge in [-0.25, -0.2) is 9.59 Å². The van der Waals surface area contributed by atoms with Crippen LogP contribution in [-0.4, -0.2) is 93.2 Å². The van der Waals surface area contributed by atoms with E-state index < -0.39 is 44.4 Å². The van der Waals surface area contributed by atoms with Gasteiger partial charge in [-0.1, -0.05) is 59.4 Å². The van der Waals surface area contributed by atoms with E-state index in [0.29, 0.717) is 24.4 Å². The number of likely N-dealkylation sites (tertiary alicyclic amines) is 1. The van der Waals surface area contributed by atoms with Gasteiger partial charge in [-0.2, -0.15) is 0 Å². The molecule has 0 saturated carbocycles. The minimum absolute atomic E-state index is 0.0123. The molecule has 1 saturated heterocycles. The number of amides is 5. The third kappa shape index (κ3) is 12.5. The molecular weight excluding hydrogens is 727 g/mol. The van der Waals surface area contributed by atoms with Crippen molar-refractivity contribution in [3.63, 3.8) is 0 Å². The summed E-state index contributed by atoms with van der Waals surface area (Å²) in [6.45, 7) is 20.1. The van der Waals surface area contributed by atoms with Crippen LogP contribution in [0.25, 0.3) is 0 Å². The fourth-order valence-corrected chi connectivity index (χ4v) is 6.44. The highest BCUT2D eigenvalue weighted by Crippen LogP contribution is 2.38. The van der Waals surface area contributed by atoms with Gasteiger partial charge in [0.2, 0.25) is 11.8 Å². The summed E-state index contributed by atoms with van der Waals surface area (Å²) in [5, 5.41) is 20.9. The van der Waals surface area contributed by atoms with E-state index in [2.05, 4.69) is 61.7 Å². The molecule has 0 bridgehead atoms. The Hall–Kier alpha value is -5.09. The highest BCUT2D eigenvalue weighted by Gasteiger charge is 2.39. The second-order valence-corrected chi connectivity index (χ2v) is 20.1. The fraction of sp³-hybridized carbons (Fsp3) is 0.513. The van der Waals surface area contributed by atoms with E-state index in [1.54, 1.807) is 43.0 Å². The number of carbonyl (C=O) groups excluding carboxylic acids is 5. The van der Waals surface area contributed by atoms with E-state index in [-0.39, 0.29) is 58.9 Å². The number of nitrogens with one attached hydrogen (secondary N) is 4. The molecule has 0 aliphatic carbocycles. The van der Waals surface area contributed by atoms with Crippen LogP contribution in [0.3, 0.4) is 0 Å². The van der Waals surface area contributed by atoms with Gasteiger partial charge in [-0.15, -0.1) is 0 Å². The number of anilines is 2. The van der Waals surface area contributed by atoms with E-state index >= 15 is 0 Å². The Labute approximate surface area is 324 Å². The van der Waals surface area contributed by atoms with Gasteiger partial charge in [0.15, 0.2) is 19.8 Å². The van der Waals surface area contributed by atoms with Crippen LogP contribution in [0.4, 0.5) is 21.0 Å². The Morgan fingerprint density at radius 2 is 1.65 bits per heavy atom. The van der Waals surface area contributed by atoms with Gasteiger partial charge in [0.25, 0.3) is 5.91 Å². The van der Waals surface area contributed by atoms with E-state index in [9.17, 15) is 29.1 Å². The summed E-state index contributed by atoms with van der Waals surface area (Å²) in [5.74, 6) is -1.84. The quantitative estimate of drug-likeness (QED) is 0.0973. The average molecular weight is 784 g/mol. The fourth-order valence-electron chi connectivity index (χ4n) is 5.40. The van der Waals surface area contributed by atoms with Crippen molar-refractivity contribution in [2.75, 3.05) is 37.5 Å². The molecule has 5 amide bonds. The molecule has 2 aromatic carbocycles. The zero-order chi connectivity index (χ0) is 41.1. The average Bonchev–Trinajstić information content (AvgIpc) is 3.60. The maximum absolute atomic E-state index is 13.9. The summed E-state index contributed by atoms with van der Waals surface area (Å²) in [7, 11) is -0.680. The summed E-state index contributed by atoms with van der Waals surface area (Å²) in [6, 6.07) is 7.15. The predicted molar refractivity (Wildman–Crippen MR) is 212 cm³/mol. The Bertz CT molecular complexity index is 1690. The topological polar surface area (TPSA) is 194 Å². The molecule has 0 aromatic heterocycles. The number of phenols is 1. The molecule has 1 aliphatic heterocycles. The van der Waals surface area contributed by atoms with Crippen molar-refractivity contribution in [1.82, 2.24) is 15.5 Å². The number of hydrogen-bond acceptors (Lipinski definition) is 10. The molecule has 302 valence electrons. The van der Waals surface area contributed by atoms with Crippen LogP contribution in [0.2, 0.25) is 18.1 Å². The van der Waals surface area contributed by atoms with E-state index in [1.165, 1.54) is 32.2 Å². The summed E-state index contributed by atoms with van der Waals surface area (Å²) in [6.07, 6.45) is 1.36. The highest BCUT2D eigenvalue weighted by atomic mass is 28.4. The molecule has 16 heteroatoms. The van der Waals surface area contributed by atoms with E-state index in [0.717, 1.165) is 12.8 Å². The number of ether oxygens (including phenoxy) is 3. The zero-order valence-corrected chi connectivity index (χ0v) is 34.4. The van der Waals surface area contributed by atoms with Crippen LogP contribution in [0.15, 0.2) is 49.1 Å². The van der Waals surface area contributed by atoms with Gasteiger partial charge in [0.05, 0.1) is 31.0 Å². The second-order valence-electron chi connectivity index (χ2n) is 15.3. The normalized spacial score (nSPS) is 15.4.